The molecule has 170 valence electrons. The average Bonchev–Trinajstić information content (AvgIpc) is 2.79. The zero-order valence-corrected chi connectivity index (χ0v) is 16.9. The van der Waals surface area contributed by atoms with E-state index < -0.39 is 23.9 Å². The zero-order chi connectivity index (χ0) is 24.5. The molecule has 0 saturated heterocycles. The number of pyridine rings is 1. The molecule has 3 aromatic rings. The number of nitriles is 2. The minimum Gasteiger partial charge on any atom is -0.424 e. The fourth-order valence-corrected chi connectivity index (χ4v) is 3.19. The summed E-state index contributed by atoms with van der Waals surface area (Å²) in [7, 11) is 0. The molecular formula is C20H13F3N10O. The number of nitrogen functional groups attached to an aromatic ring is 2. The Hall–Kier alpha value is -5.11. The summed E-state index contributed by atoms with van der Waals surface area (Å²) in [6.45, 7) is 0. The van der Waals surface area contributed by atoms with Crippen molar-refractivity contribution < 1.29 is 17.9 Å². The molecular weight excluding hydrogens is 453 g/mol. The number of hydrogen-bond donors (Lipinski definition) is 4. The summed E-state index contributed by atoms with van der Waals surface area (Å²) in [5.74, 6) is 0.365. The molecule has 1 aliphatic rings. The van der Waals surface area contributed by atoms with Gasteiger partial charge in [-0.15, -0.1) is 0 Å². The van der Waals surface area contributed by atoms with Gasteiger partial charge < -0.3 is 21.5 Å². The Balaban J connectivity index is 1.69. The first-order chi connectivity index (χ1) is 16.2. The van der Waals surface area contributed by atoms with E-state index >= 15 is 0 Å². The SMILES string of the molecule is N#CNC1=NC(c2ccc(Oc3nccc(C(F)(F)F)n3)cc2)c2c(nc(N)c(C#N)c2N)N1. The van der Waals surface area contributed by atoms with E-state index in [9.17, 15) is 18.4 Å². The average molecular weight is 466 g/mol. The number of nitrogens with two attached hydrogens (primary N) is 2. The van der Waals surface area contributed by atoms with Gasteiger partial charge in [-0.2, -0.15) is 28.7 Å². The maximum atomic E-state index is 12.9. The largest absolute Gasteiger partial charge is 0.433 e. The predicted octanol–water partition coefficient (Wildman–Crippen LogP) is 2.66. The van der Waals surface area contributed by atoms with Gasteiger partial charge in [0.05, 0.1) is 5.69 Å². The lowest BCUT2D eigenvalue weighted by Gasteiger charge is -2.26. The van der Waals surface area contributed by atoms with E-state index in [0.717, 1.165) is 12.3 Å². The van der Waals surface area contributed by atoms with Gasteiger partial charge in [-0.1, -0.05) is 12.1 Å². The Labute approximate surface area is 189 Å². The van der Waals surface area contributed by atoms with Gasteiger partial charge >= 0.3 is 12.2 Å². The van der Waals surface area contributed by atoms with Crippen LogP contribution in [0.1, 0.15) is 28.4 Å². The molecule has 0 aliphatic carbocycles. The van der Waals surface area contributed by atoms with E-state index in [2.05, 4.69) is 30.6 Å². The van der Waals surface area contributed by atoms with E-state index in [1.807, 2.05) is 6.07 Å². The first-order valence-electron chi connectivity index (χ1n) is 9.38. The molecule has 14 heteroatoms. The monoisotopic (exact) mass is 466 g/mol. The first kappa shape index (κ1) is 22.1. The maximum absolute atomic E-state index is 12.9. The number of halogens is 3. The normalized spacial score (nSPS) is 14.6. The van der Waals surface area contributed by atoms with Gasteiger partial charge in [0.1, 0.15) is 35.1 Å². The van der Waals surface area contributed by atoms with Crippen molar-refractivity contribution in [1.29, 1.82) is 10.5 Å². The lowest BCUT2D eigenvalue weighted by Crippen LogP contribution is -2.32. The fraction of sp³-hybridized carbons (Fsp3) is 0.100. The smallest absolute Gasteiger partial charge is 0.424 e. The summed E-state index contributed by atoms with van der Waals surface area (Å²) >= 11 is 0. The Morgan fingerprint density at radius 1 is 1.09 bits per heavy atom. The number of anilines is 3. The molecule has 1 atom stereocenters. The summed E-state index contributed by atoms with van der Waals surface area (Å²) in [6, 6.07) is 7.48. The topological polar surface area (TPSA) is 184 Å². The van der Waals surface area contributed by atoms with Crippen LogP contribution in [0.25, 0.3) is 0 Å². The number of aromatic nitrogens is 3. The Bertz CT molecular complexity index is 1370. The number of benzene rings is 1. The molecule has 2 aromatic heterocycles. The number of fused-ring (bicyclic) bond motifs is 1. The Morgan fingerprint density at radius 3 is 2.47 bits per heavy atom. The quantitative estimate of drug-likeness (QED) is 0.330. The highest BCUT2D eigenvalue weighted by Gasteiger charge is 2.33. The van der Waals surface area contributed by atoms with Crippen LogP contribution in [0.5, 0.6) is 11.8 Å². The van der Waals surface area contributed by atoms with Gasteiger partial charge in [-0.25, -0.2) is 15.0 Å². The summed E-state index contributed by atoms with van der Waals surface area (Å²) in [4.78, 5) is 15.6. The van der Waals surface area contributed by atoms with Crippen molar-refractivity contribution in [2.45, 2.75) is 12.2 Å². The van der Waals surface area contributed by atoms with Crippen LogP contribution >= 0.6 is 0 Å². The molecule has 11 nitrogen and oxygen atoms in total. The number of hydrogen-bond acceptors (Lipinski definition) is 11. The van der Waals surface area contributed by atoms with Gasteiger partial charge in [0.15, 0.2) is 11.9 Å². The molecule has 1 unspecified atom stereocenters. The van der Waals surface area contributed by atoms with Crippen molar-refractivity contribution in [2.75, 3.05) is 16.8 Å². The van der Waals surface area contributed by atoms with E-state index in [0.29, 0.717) is 11.1 Å². The van der Waals surface area contributed by atoms with Crippen molar-refractivity contribution >= 4 is 23.3 Å². The second-order valence-electron chi connectivity index (χ2n) is 6.80. The minimum atomic E-state index is -4.64. The third-order valence-corrected chi connectivity index (χ3v) is 4.69. The molecule has 4 rings (SSSR count). The van der Waals surface area contributed by atoms with Gasteiger partial charge in [0.25, 0.3) is 0 Å². The number of nitrogens with zero attached hydrogens (tertiary/aromatic N) is 6. The van der Waals surface area contributed by atoms with Crippen LogP contribution in [0.2, 0.25) is 0 Å². The van der Waals surface area contributed by atoms with Crippen LogP contribution in [0.15, 0.2) is 41.5 Å². The van der Waals surface area contributed by atoms with Gasteiger partial charge in [0.2, 0.25) is 5.96 Å². The standard InChI is InChI=1S/C20H13F3N10O/c21-20(22,23)12-5-6-28-19(30-12)34-10-3-1-9(2-4-10)15-13-14(26)11(7-24)16(27)32-17(13)33-18(31-15)29-8-25/h1-6,15H,(H6,26,27,29,31,32,33). The number of alkyl halides is 3. The lowest BCUT2D eigenvalue weighted by atomic mass is 9.95. The second kappa shape index (κ2) is 8.44. The zero-order valence-electron chi connectivity index (χ0n) is 16.9. The molecule has 0 saturated carbocycles. The van der Waals surface area contributed by atoms with Crippen molar-refractivity contribution in [3.63, 3.8) is 0 Å². The van der Waals surface area contributed by atoms with E-state index in [4.69, 9.17) is 21.5 Å². The van der Waals surface area contributed by atoms with Gasteiger partial charge in [-0.05, 0) is 23.8 Å². The van der Waals surface area contributed by atoms with Gasteiger partial charge in [-0.3, -0.25) is 5.32 Å². The van der Waals surface area contributed by atoms with Crippen molar-refractivity contribution in [3.8, 4) is 24.0 Å². The number of ether oxygens (including phenoxy) is 1. The molecule has 6 N–H and O–H groups in total. The first-order valence-corrected chi connectivity index (χ1v) is 9.38. The Morgan fingerprint density at radius 2 is 1.82 bits per heavy atom. The van der Waals surface area contributed by atoms with Crippen LogP contribution in [0.4, 0.5) is 30.5 Å². The molecule has 0 spiro atoms. The number of guanidine groups is 1. The molecule has 3 heterocycles. The molecule has 0 bridgehead atoms. The Kier molecular flexibility index (Phi) is 5.48. The lowest BCUT2D eigenvalue weighted by molar-refractivity contribution is -0.141. The summed E-state index contributed by atoms with van der Waals surface area (Å²) in [5.41, 5.74) is 11.8. The highest BCUT2D eigenvalue weighted by Crippen LogP contribution is 2.40. The second-order valence-corrected chi connectivity index (χ2v) is 6.80. The van der Waals surface area contributed by atoms with Gasteiger partial charge in [0, 0.05) is 11.8 Å². The fourth-order valence-electron chi connectivity index (χ4n) is 3.19. The molecule has 1 aromatic carbocycles. The maximum Gasteiger partial charge on any atom is 0.433 e. The van der Waals surface area contributed by atoms with Crippen LogP contribution < -0.4 is 26.8 Å². The third-order valence-electron chi connectivity index (χ3n) is 4.69. The third kappa shape index (κ3) is 4.15. The number of aliphatic imine (C=N–C) groups is 1. The van der Waals surface area contributed by atoms with Crippen molar-refractivity contribution in [2.24, 2.45) is 4.99 Å². The predicted molar refractivity (Wildman–Crippen MR) is 113 cm³/mol. The molecule has 0 amide bonds. The highest BCUT2D eigenvalue weighted by atomic mass is 19.4. The number of nitrogens with one attached hydrogen (secondary N) is 2. The van der Waals surface area contributed by atoms with Crippen LogP contribution in [-0.4, -0.2) is 20.9 Å². The molecule has 1 aliphatic heterocycles. The highest BCUT2D eigenvalue weighted by molar-refractivity contribution is 5.98. The van der Waals surface area contributed by atoms with Crippen LogP contribution in [-0.2, 0) is 6.18 Å². The van der Waals surface area contributed by atoms with E-state index in [1.54, 1.807) is 18.3 Å². The summed E-state index contributed by atoms with van der Waals surface area (Å²) in [6.07, 6.45) is -1.95. The van der Waals surface area contributed by atoms with E-state index in [-0.39, 0.29) is 34.6 Å². The van der Waals surface area contributed by atoms with Crippen molar-refractivity contribution in [1.82, 2.24) is 20.3 Å². The minimum absolute atomic E-state index is 0.0147. The molecule has 0 radical (unpaired) electrons. The van der Waals surface area contributed by atoms with Crippen LogP contribution in [0.3, 0.4) is 0 Å². The van der Waals surface area contributed by atoms with E-state index in [1.165, 1.54) is 12.1 Å². The number of rotatable bonds is 3. The molecule has 0 fully saturated rings. The molecule has 34 heavy (non-hydrogen) atoms. The summed E-state index contributed by atoms with van der Waals surface area (Å²) < 4.78 is 43.9. The summed E-state index contributed by atoms with van der Waals surface area (Å²) in [5, 5.41) is 23.5. The van der Waals surface area contributed by atoms with Crippen LogP contribution in [0, 0.1) is 22.8 Å². The van der Waals surface area contributed by atoms with Crippen molar-refractivity contribution in [3.05, 3.63) is 58.9 Å².